The SMILES string of the molecule is Cc1ccc(N=C2SCC(=O)N2c2cccc3ccccc23)cc1. The molecule has 0 bridgehead atoms. The van der Waals surface area contributed by atoms with E-state index in [2.05, 4.69) is 12.1 Å². The molecule has 3 aromatic rings. The number of carbonyl (C=O) groups is 1. The van der Waals surface area contributed by atoms with Gasteiger partial charge in [-0.2, -0.15) is 0 Å². The van der Waals surface area contributed by atoms with Crippen LogP contribution in [0.4, 0.5) is 11.4 Å². The molecule has 0 aliphatic carbocycles. The summed E-state index contributed by atoms with van der Waals surface area (Å²) in [4.78, 5) is 18.9. The minimum atomic E-state index is 0.0715. The smallest absolute Gasteiger partial charge is 0.243 e. The van der Waals surface area contributed by atoms with Gasteiger partial charge in [-0.3, -0.25) is 9.69 Å². The van der Waals surface area contributed by atoms with Gasteiger partial charge in [-0.15, -0.1) is 0 Å². The number of aryl methyl sites for hydroxylation is 1. The molecule has 3 nitrogen and oxygen atoms in total. The highest BCUT2D eigenvalue weighted by atomic mass is 32.2. The van der Waals surface area contributed by atoms with Crippen molar-refractivity contribution < 1.29 is 4.79 Å². The molecule has 4 heteroatoms. The zero-order valence-electron chi connectivity index (χ0n) is 13.3. The van der Waals surface area contributed by atoms with Crippen LogP contribution in [0.1, 0.15) is 5.56 Å². The first-order chi connectivity index (χ1) is 11.7. The summed E-state index contributed by atoms with van der Waals surface area (Å²) in [7, 11) is 0. The maximum absolute atomic E-state index is 12.5. The number of amidine groups is 1. The first-order valence-corrected chi connectivity index (χ1v) is 8.80. The number of rotatable bonds is 2. The average molecular weight is 332 g/mol. The van der Waals surface area contributed by atoms with Gasteiger partial charge < -0.3 is 0 Å². The molecular formula is C20H16N2OS. The molecule has 0 spiro atoms. The molecular weight excluding hydrogens is 316 g/mol. The van der Waals surface area contributed by atoms with Gasteiger partial charge in [0.25, 0.3) is 0 Å². The van der Waals surface area contributed by atoms with Crippen LogP contribution >= 0.6 is 11.8 Å². The van der Waals surface area contributed by atoms with Crippen molar-refractivity contribution in [3.8, 4) is 0 Å². The van der Waals surface area contributed by atoms with Crippen molar-refractivity contribution in [3.63, 3.8) is 0 Å². The minimum Gasteiger partial charge on any atom is -0.273 e. The quantitative estimate of drug-likeness (QED) is 0.667. The monoisotopic (exact) mass is 332 g/mol. The molecule has 1 saturated heterocycles. The summed E-state index contributed by atoms with van der Waals surface area (Å²) in [5.74, 6) is 0.496. The van der Waals surface area contributed by atoms with E-state index in [0.717, 1.165) is 27.3 Å². The summed E-state index contributed by atoms with van der Waals surface area (Å²) in [6, 6.07) is 22.2. The lowest BCUT2D eigenvalue weighted by Crippen LogP contribution is -2.29. The van der Waals surface area contributed by atoms with Gasteiger partial charge in [0.05, 0.1) is 17.1 Å². The fourth-order valence-corrected chi connectivity index (χ4v) is 3.70. The molecule has 0 atom stereocenters. The Morgan fingerprint density at radius 1 is 0.958 bits per heavy atom. The van der Waals surface area contributed by atoms with E-state index >= 15 is 0 Å². The van der Waals surface area contributed by atoms with Gasteiger partial charge >= 0.3 is 0 Å². The van der Waals surface area contributed by atoms with E-state index in [1.54, 1.807) is 4.90 Å². The van der Waals surface area contributed by atoms with Crippen LogP contribution in [0.25, 0.3) is 10.8 Å². The van der Waals surface area contributed by atoms with Gasteiger partial charge in [0.15, 0.2) is 5.17 Å². The van der Waals surface area contributed by atoms with Crippen molar-refractivity contribution in [2.75, 3.05) is 10.7 Å². The van der Waals surface area contributed by atoms with Crippen molar-refractivity contribution in [1.29, 1.82) is 0 Å². The zero-order valence-corrected chi connectivity index (χ0v) is 14.1. The van der Waals surface area contributed by atoms with E-state index in [1.807, 2.05) is 61.5 Å². The topological polar surface area (TPSA) is 32.7 Å². The largest absolute Gasteiger partial charge is 0.273 e. The van der Waals surface area contributed by atoms with E-state index in [-0.39, 0.29) is 5.91 Å². The molecule has 1 aliphatic heterocycles. The predicted octanol–water partition coefficient (Wildman–Crippen LogP) is 4.92. The van der Waals surface area contributed by atoms with Crippen LogP contribution in [0.5, 0.6) is 0 Å². The highest BCUT2D eigenvalue weighted by molar-refractivity contribution is 8.15. The molecule has 118 valence electrons. The highest BCUT2D eigenvalue weighted by Crippen LogP contribution is 2.33. The first-order valence-electron chi connectivity index (χ1n) is 7.81. The third-order valence-electron chi connectivity index (χ3n) is 4.03. The van der Waals surface area contributed by atoms with Crippen molar-refractivity contribution in [1.82, 2.24) is 0 Å². The number of carbonyl (C=O) groups excluding carboxylic acids is 1. The van der Waals surface area contributed by atoms with E-state index in [1.165, 1.54) is 17.3 Å². The summed E-state index contributed by atoms with van der Waals surface area (Å²) in [6.45, 7) is 2.05. The van der Waals surface area contributed by atoms with Gasteiger partial charge in [0, 0.05) is 5.39 Å². The lowest BCUT2D eigenvalue weighted by atomic mass is 10.1. The summed E-state index contributed by atoms with van der Waals surface area (Å²) in [5, 5.41) is 2.92. The Hall–Kier alpha value is -2.59. The number of nitrogens with zero attached hydrogens (tertiary/aromatic N) is 2. The number of hydrogen-bond donors (Lipinski definition) is 0. The fraction of sp³-hybridized carbons (Fsp3) is 0.100. The molecule has 1 amide bonds. The Morgan fingerprint density at radius 2 is 1.71 bits per heavy atom. The maximum atomic E-state index is 12.5. The molecule has 0 unspecified atom stereocenters. The Kier molecular flexibility index (Phi) is 3.82. The zero-order chi connectivity index (χ0) is 16.5. The van der Waals surface area contributed by atoms with Crippen molar-refractivity contribution in [2.24, 2.45) is 4.99 Å². The Labute approximate surface area is 145 Å². The van der Waals surface area contributed by atoms with Crippen LogP contribution in [0, 0.1) is 6.92 Å². The second-order valence-electron chi connectivity index (χ2n) is 5.75. The predicted molar refractivity (Wildman–Crippen MR) is 102 cm³/mol. The van der Waals surface area contributed by atoms with Gasteiger partial charge in [0.1, 0.15) is 0 Å². The number of thioether (sulfide) groups is 1. The second kappa shape index (κ2) is 6.13. The molecule has 1 fully saturated rings. The van der Waals surface area contributed by atoms with Gasteiger partial charge in [-0.05, 0) is 30.5 Å². The fourth-order valence-electron chi connectivity index (χ4n) is 2.81. The number of anilines is 1. The summed E-state index contributed by atoms with van der Waals surface area (Å²) >= 11 is 1.49. The average Bonchev–Trinajstić information content (AvgIpc) is 2.97. The number of amides is 1. The van der Waals surface area contributed by atoms with Gasteiger partial charge in [-0.1, -0.05) is 65.9 Å². The van der Waals surface area contributed by atoms with Crippen molar-refractivity contribution in [3.05, 3.63) is 72.3 Å². The molecule has 3 aromatic carbocycles. The maximum Gasteiger partial charge on any atom is 0.243 e. The molecule has 0 saturated carbocycles. The standard InChI is InChI=1S/C20H16N2OS/c1-14-9-11-16(12-10-14)21-20-22(19(23)13-24-20)18-8-4-6-15-5-2-3-7-17(15)18/h2-12H,13H2,1H3. The number of hydrogen-bond acceptors (Lipinski definition) is 3. The minimum absolute atomic E-state index is 0.0715. The van der Waals surface area contributed by atoms with Crippen molar-refractivity contribution >= 4 is 45.0 Å². The Bertz CT molecular complexity index is 942. The molecule has 0 radical (unpaired) electrons. The third-order valence-corrected chi connectivity index (χ3v) is 4.96. The van der Waals surface area contributed by atoms with Crippen LogP contribution in [-0.4, -0.2) is 16.8 Å². The van der Waals surface area contributed by atoms with Gasteiger partial charge in [-0.25, -0.2) is 4.99 Å². The van der Waals surface area contributed by atoms with Crippen molar-refractivity contribution in [2.45, 2.75) is 6.92 Å². The third kappa shape index (κ3) is 2.69. The normalized spacial score (nSPS) is 16.3. The lowest BCUT2D eigenvalue weighted by Gasteiger charge is -2.18. The van der Waals surface area contributed by atoms with Crippen LogP contribution in [0.2, 0.25) is 0 Å². The summed E-state index contributed by atoms with van der Waals surface area (Å²) in [5.41, 5.74) is 2.96. The van der Waals surface area contributed by atoms with Gasteiger partial charge in [0.2, 0.25) is 5.91 Å². The Balaban J connectivity index is 1.82. The van der Waals surface area contributed by atoms with E-state index < -0.39 is 0 Å². The summed E-state index contributed by atoms with van der Waals surface area (Å²) in [6.07, 6.45) is 0. The molecule has 1 aliphatic rings. The van der Waals surface area contributed by atoms with E-state index in [0.29, 0.717) is 5.75 Å². The molecule has 1 heterocycles. The van der Waals surface area contributed by atoms with Crippen LogP contribution in [0.3, 0.4) is 0 Å². The summed E-state index contributed by atoms with van der Waals surface area (Å²) < 4.78 is 0. The molecule has 4 rings (SSSR count). The molecule has 0 aromatic heterocycles. The number of fused-ring (bicyclic) bond motifs is 1. The van der Waals surface area contributed by atoms with Crippen LogP contribution < -0.4 is 4.90 Å². The van der Waals surface area contributed by atoms with E-state index in [9.17, 15) is 4.79 Å². The molecule has 0 N–H and O–H groups in total. The van der Waals surface area contributed by atoms with Crippen LogP contribution in [-0.2, 0) is 4.79 Å². The number of benzene rings is 3. The Morgan fingerprint density at radius 3 is 2.54 bits per heavy atom. The first kappa shape index (κ1) is 15.0. The molecule has 24 heavy (non-hydrogen) atoms. The van der Waals surface area contributed by atoms with Crippen LogP contribution in [0.15, 0.2) is 71.7 Å². The number of aliphatic imine (C=N–C) groups is 1. The lowest BCUT2D eigenvalue weighted by molar-refractivity contribution is -0.115. The highest BCUT2D eigenvalue weighted by Gasteiger charge is 2.30. The second-order valence-corrected chi connectivity index (χ2v) is 6.69. The van der Waals surface area contributed by atoms with E-state index in [4.69, 9.17) is 4.99 Å².